The van der Waals surface area contributed by atoms with Crippen molar-refractivity contribution in [3.63, 3.8) is 0 Å². The fourth-order valence-electron chi connectivity index (χ4n) is 2.08. The minimum absolute atomic E-state index is 0.0752. The zero-order chi connectivity index (χ0) is 15.1. The molecule has 21 heavy (non-hydrogen) atoms. The van der Waals surface area contributed by atoms with Gasteiger partial charge in [0.05, 0.1) is 6.54 Å². The Morgan fingerprint density at radius 2 is 2.24 bits per heavy atom. The van der Waals surface area contributed by atoms with Crippen molar-refractivity contribution in [2.45, 2.75) is 32.3 Å². The fraction of sp³-hybridized carbons (Fsp3) is 0.562. The van der Waals surface area contributed by atoms with Gasteiger partial charge in [-0.15, -0.1) is 0 Å². The second-order valence-corrected chi connectivity index (χ2v) is 5.50. The van der Waals surface area contributed by atoms with E-state index in [1.54, 1.807) is 19.2 Å². The van der Waals surface area contributed by atoms with Crippen LogP contribution in [0.5, 0.6) is 5.75 Å². The molecule has 0 radical (unpaired) electrons. The first-order chi connectivity index (χ1) is 10.2. The van der Waals surface area contributed by atoms with Crippen molar-refractivity contribution in [2.75, 3.05) is 20.1 Å². The first-order valence-corrected chi connectivity index (χ1v) is 7.54. The van der Waals surface area contributed by atoms with Crippen molar-refractivity contribution in [1.29, 1.82) is 0 Å². The number of hydrogen-bond acceptors (Lipinski definition) is 2. The van der Waals surface area contributed by atoms with Gasteiger partial charge in [-0.1, -0.05) is 18.9 Å². The van der Waals surface area contributed by atoms with E-state index >= 15 is 0 Å². The van der Waals surface area contributed by atoms with Gasteiger partial charge in [-0.25, -0.2) is 4.39 Å². The molecule has 116 valence electrons. The summed E-state index contributed by atoms with van der Waals surface area (Å²) >= 11 is 0. The van der Waals surface area contributed by atoms with Gasteiger partial charge in [-0.05, 0) is 31.4 Å². The van der Waals surface area contributed by atoms with Crippen LogP contribution in [0.2, 0.25) is 0 Å². The molecular formula is C16H24FN3O. The molecule has 0 amide bonds. The molecule has 0 aliphatic heterocycles. The number of halogens is 1. The SMILES string of the molecule is CN=C(NCCC1CC1)NCC(C)Oc1cccc(F)c1. The summed E-state index contributed by atoms with van der Waals surface area (Å²) in [6.45, 7) is 3.50. The molecule has 2 N–H and O–H groups in total. The Morgan fingerprint density at radius 3 is 2.90 bits per heavy atom. The Morgan fingerprint density at radius 1 is 1.43 bits per heavy atom. The number of aliphatic imine (C=N–C) groups is 1. The average molecular weight is 293 g/mol. The predicted octanol–water partition coefficient (Wildman–Crippen LogP) is 2.56. The van der Waals surface area contributed by atoms with E-state index in [1.807, 2.05) is 6.92 Å². The minimum Gasteiger partial charge on any atom is -0.489 e. The number of benzene rings is 1. The van der Waals surface area contributed by atoms with E-state index in [9.17, 15) is 4.39 Å². The lowest BCUT2D eigenvalue weighted by molar-refractivity contribution is 0.223. The van der Waals surface area contributed by atoms with E-state index in [-0.39, 0.29) is 11.9 Å². The van der Waals surface area contributed by atoms with Crippen LogP contribution < -0.4 is 15.4 Å². The highest BCUT2D eigenvalue weighted by molar-refractivity contribution is 5.79. The molecule has 0 aromatic heterocycles. The Hall–Kier alpha value is -1.78. The van der Waals surface area contributed by atoms with Crippen LogP contribution >= 0.6 is 0 Å². The third-order valence-corrected chi connectivity index (χ3v) is 3.46. The van der Waals surface area contributed by atoms with Crippen LogP contribution in [-0.4, -0.2) is 32.2 Å². The average Bonchev–Trinajstić information content (AvgIpc) is 3.26. The molecular weight excluding hydrogens is 269 g/mol. The molecule has 0 heterocycles. The number of nitrogens with zero attached hydrogens (tertiary/aromatic N) is 1. The highest BCUT2D eigenvalue weighted by Crippen LogP contribution is 2.31. The monoisotopic (exact) mass is 293 g/mol. The lowest BCUT2D eigenvalue weighted by Gasteiger charge is -2.17. The van der Waals surface area contributed by atoms with Gasteiger partial charge in [0.2, 0.25) is 0 Å². The first-order valence-electron chi connectivity index (χ1n) is 7.54. The minimum atomic E-state index is -0.287. The molecule has 1 unspecified atom stereocenters. The highest BCUT2D eigenvalue weighted by atomic mass is 19.1. The second kappa shape index (κ2) is 7.86. The summed E-state index contributed by atoms with van der Waals surface area (Å²) in [7, 11) is 1.75. The fourth-order valence-corrected chi connectivity index (χ4v) is 2.08. The Balaban J connectivity index is 1.67. The van der Waals surface area contributed by atoms with Gasteiger partial charge >= 0.3 is 0 Å². The Bertz CT molecular complexity index is 474. The van der Waals surface area contributed by atoms with Gasteiger partial charge in [0.25, 0.3) is 0 Å². The number of guanidine groups is 1. The molecule has 1 aromatic carbocycles. The summed E-state index contributed by atoms with van der Waals surface area (Å²) in [5.41, 5.74) is 0. The summed E-state index contributed by atoms with van der Waals surface area (Å²) in [6, 6.07) is 6.19. The zero-order valence-electron chi connectivity index (χ0n) is 12.7. The third-order valence-electron chi connectivity index (χ3n) is 3.46. The number of rotatable bonds is 7. The van der Waals surface area contributed by atoms with Gasteiger partial charge in [0.15, 0.2) is 5.96 Å². The molecule has 0 spiro atoms. The second-order valence-electron chi connectivity index (χ2n) is 5.50. The number of nitrogens with one attached hydrogen (secondary N) is 2. The molecule has 4 nitrogen and oxygen atoms in total. The van der Waals surface area contributed by atoms with Gasteiger partial charge < -0.3 is 15.4 Å². The Labute approximate surface area is 125 Å². The summed E-state index contributed by atoms with van der Waals surface area (Å²) < 4.78 is 18.7. The summed E-state index contributed by atoms with van der Waals surface area (Å²) in [5.74, 6) is 1.95. The summed E-state index contributed by atoms with van der Waals surface area (Å²) in [5, 5.41) is 6.51. The highest BCUT2D eigenvalue weighted by Gasteiger charge is 2.20. The van der Waals surface area contributed by atoms with Crippen molar-refractivity contribution in [1.82, 2.24) is 10.6 Å². The first kappa shape index (κ1) is 15.6. The standard InChI is InChI=1S/C16H24FN3O/c1-12(21-15-5-3-4-14(17)10-15)11-20-16(18-2)19-9-8-13-6-7-13/h3-5,10,12-13H,6-9,11H2,1-2H3,(H2,18,19,20). The molecule has 1 aliphatic rings. The van der Waals surface area contributed by atoms with Crippen LogP contribution in [0.1, 0.15) is 26.2 Å². The van der Waals surface area contributed by atoms with E-state index in [2.05, 4.69) is 15.6 Å². The van der Waals surface area contributed by atoms with E-state index < -0.39 is 0 Å². The molecule has 1 aliphatic carbocycles. The van der Waals surface area contributed by atoms with Gasteiger partial charge in [0.1, 0.15) is 17.7 Å². The maximum absolute atomic E-state index is 13.1. The van der Waals surface area contributed by atoms with Crippen LogP contribution in [0.15, 0.2) is 29.3 Å². The third kappa shape index (κ3) is 6.02. The normalized spacial score (nSPS) is 16.4. The largest absolute Gasteiger partial charge is 0.489 e. The smallest absolute Gasteiger partial charge is 0.191 e. The van der Waals surface area contributed by atoms with Crippen LogP contribution in [0, 0.1) is 11.7 Å². The van der Waals surface area contributed by atoms with Crippen molar-refractivity contribution in [2.24, 2.45) is 10.9 Å². The molecule has 1 saturated carbocycles. The molecule has 2 rings (SSSR count). The molecule has 5 heteroatoms. The lowest BCUT2D eigenvalue weighted by atomic mass is 10.3. The van der Waals surface area contributed by atoms with Crippen LogP contribution in [-0.2, 0) is 0 Å². The number of hydrogen-bond donors (Lipinski definition) is 2. The molecule has 0 bridgehead atoms. The van der Waals surface area contributed by atoms with E-state index in [0.717, 1.165) is 18.4 Å². The lowest BCUT2D eigenvalue weighted by Crippen LogP contribution is -2.42. The van der Waals surface area contributed by atoms with Crippen molar-refractivity contribution in [3.8, 4) is 5.75 Å². The topological polar surface area (TPSA) is 45.7 Å². The van der Waals surface area contributed by atoms with Crippen molar-refractivity contribution >= 4 is 5.96 Å². The maximum Gasteiger partial charge on any atom is 0.191 e. The van der Waals surface area contributed by atoms with Gasteiger partial charge in [-0.2, -0.15) is 0 Å². The summed E-state index contributed by atoms with van der Waals surface area (Å²) in [4.78, 5) is 4.18. The zero-order valence-corrected chi connectivity index (χ0v) is 12.7. The van der Waals surface area contributed by atoms with Crippen LogP contribution in [0.3, 0.4) is 0 Å². The Kier molecular flexibility index (Phi) is 5.84. The maximum atomic E-state index is 13.1. The van der Waals surface area contributed by atoms with Crippen molar-refractivity contribution in [3.05, 3.63) is 30.1 Å². The van der Waals surface area contributed by atoms with E-state index in [4.69, 9.17) is 4.74 Å². The van der Waals surface area contributed by atoms with E-state index in [1.165, 1.54) is 31.4 Å². The van der Waals surface area contributed by atoms with Crippen molar-refractivity contribution < 1.29 is 9.13 Å². The molecule has 1 atom stereocenters. The quantitative estimate of drug-likeness (QED) is 0.600. The molecule has 1 fully saturated rings. The predicted molar refractivity (Wildman–Crippen MR) is 83.2 cm³/mol. The van der Waals surface area contributed by atoms with Gasteiger partial charge in [-0.3, -0.25) is 4.99 Å². The van der Waals surface area contributed by atoms with E-state index in [0.29, 0.717) is 12.3 Å². The molecule has 0 saturated heterocycles. The van der Waals surface area contributed by atoms with Crippen LogP contribution in [0.25, 0.3) is 0 Å². The molecule has 1 aromatic rings. The number of ether oxygens (including phenoxy) is 1. The van der Waals surface area contributed by atoms with Crippen LogP contribution in [0.4, 0.5) is 4.39 Å². The summed E-state index contributed by atoms with van der Waals surface area (Å²) in [6.07, 6.45) is 3.86. The van der Waals surface area contributed by atoms with Gasteiger partial charge in [0, 0.05) is 19.7 Å².